The molecule has 1 aromatic heterocycles. The van der Waals surface area contributed by atoms with Crippen molar-refractivity contribution in [2.75, 3.05) is 13.2 Å². The highest BCUT2D eigenvalue weighted by Crippen LogP contribution is 2.22. The quantitative estimate of drug-likeness (QED) is 0.565. The molecular formula is C21H26ClN3O3. The molecule has 2 heterocycles. The zero-order valence-electron chi connectivity index (χ0n) is 16.5. The van der Waals surface area contributed by atoms with Gasteiger partial charge >= 0.3 is 0 Å². The van der Waals surface area contributed by atoms with Crippen LogP contribution in [0, 0.1) is 20.8 Å². The second-order valence-electron chi connectivity index (χ2n) is 7.06. The van der Waals surface area contributed by atoms with Crippen LogP contribution in [0.5, 0.6) is 5.75 Å². The van der Waals surface area contributed by atoms with E-state index in [0.717, 1.165) is 48.5 Å². The molecule has 1 N–H and O–H groups in total. The molecule has 150 valence electrons. The number of ether oxygens (including phenoxy) is 2. The van der Waals surface area contributed by atoms with Gasteiger partial charge in [0.2, 0.25) is 0 Å². The lowest BCUT2D eigenvalue weighted by Gasteiger charge is -2.14. The SMILES string of the molecule is Cc1cc(Cl)ccc1OCC(=O)N/N=C\c1cc(C)n(C[C@H]2CCCO2)c1C. The van der Waals surface area contributed by atoms with Crippen molar-refractivity contribution in [2.24, 2.45) is 5.10 Å². The van der Waals surface area contributed by atoms with Gasteiger partial charge in [0.1, 0.15) is 5.75 Å². The highest BCUT2D eigenvalue weighted by atomic mass is 35.5. The molecule has 1 atom stereocenters. The Bertz CT molecular complexity index is 870. The number of nitrogens with one attached hydrogen (secondary N) is 1. The number of hydrogen-bond donors (Lipinski definition) is 1. The van der Waals surface area contributed by atoms with Crippen LogP contribution in [0.4, 0.5) is 0 Å². The highest BCUT2D eigenvalue weighted by molar-refractivity contribution is 6.30. The maximum absolute atomic E-state index is 12.0. The molecule has 0 radical (unpaired) electrons. The number of aromatic nitrogens is 1. The van der Waals surface area contributed by atoms with Crippen LogP contribution in [-0.4, -0.2) is 36.0 Å². The Balaban J connectivity index is 1.53. The van der Waals surface area contributed by atoms with Gasteiger partial charge in [0, 0.05) is 35.1 Å². The van der Waals surface area contributed by atoms with Crippen LogP contribution in [0.2, 0.25) is 5.02 Å². The van der Waals surface area contributed by atoms with Crippen molar-refractivity contribution in [2.45, 2.75) is 46.3 Å². The molecule has 3 rings (SSSR count). The fourth-order valence-electron chi connectivity index (χ4n) is 3.36. The van der Waals surface area contributed by atoms with Gasteiger partial charge in [0.15, 0.2) is 6.61 Å². The first-order valence-corrected chi connectivity index (χ1v) is 9.81. The van der Waals surface area contributed by atoms with Crippen molar-refractivity contribution in [3.63, 3.8) is 0 Å². The molecule has 1 aliphatic rings. The molecule has 0 unspecified atom stereocenters. The van der Waals surface area contributed by atoms with Gasteiger partial charge in [-0.15, -0.1) is 0 Å². The molecule has 1 aromatic carbocycles. The van der Waals surface area contributed by atoms with Crippen LogP contribution in [0.25, 0.3) is 0 Å². The van der Waals surface area contributed by atoms with E-state index >= 15 is 0 Å². The molecule has 6 nitrogen and oxygen atoms in total. The first kappa shape index (κ1) is 20.4. The summed E-state index contributed by atoms with van der Waals surface area (Å²) in [5.74, 6) is 0.306. The average Bonchev–Trinajstić information content (AvgIpc) is 3.25. The van der Waals surface area contributed by atoms with E-state index in [4.69, 9.17) is 21.1 Å². The summed E-state index contributed by atoms with van der Waals surface area (Å²) >= 11 is 5.92. The maximum atomic E-state index is 12.0. The van der Waals surface area contributed by atoms with Gasteiger partial charge in [-0.25, -0.2) is 5.43 Å². The number of hydrogen-bond acceptors (Lipinski definition) is 4. The van der Waals surface area contributed by atoms with Crippen molar-refractivity contribution in [1.82, 2.24) is 9.99 Å². The van der Waals surface area contributed by atoms with Crippen molar-refractivity contribution < 1.29 is 14.3 Å². The lowest BCUT2D eigenvalue weighted by molar-refractivity contribution is -0.123. The Morgan fingerprint density at radius 3 is 2.93 bits per heavy atom. The van der Waals surface area contributed by atoms with E-state index < -0.39 is 0 Å². The van der Waals surface area contributed by atoms with Crippen molar-refractivity contribution >= 4 is 23.7 Å². The summed E-state index contributed by atoms with van der Waals surface area (Å²) < 4.78 is 13.5. The van der Waals surface area contributed by atoms with Gasteiger partial charge < -0.3 is 14.0 Å². The fraction of sp³-hybridized carbons (Fsp3) is 0.429. The number of aryl methyl sites for hydroxylation is 2. The molecule has 1 saturated heterocycles. The second kappa shape index (κ2) is 9.26. The zero-order valence-corrected chi connectivity index (χ0v) is 17.3. The lowest BCUT2D eigenvalue weighted by Crippen LogP contribution is -2.24. The molecule has 0 aliphatic carbocycles. The summed E-state index contributed by atoms with van der Waals surface area (Å²) in [7, 11) is 0. The summed E-state index contributed by atoms with van der Waals surface area (Å²) in [5.41, 5.74) is 6.63. The van der Waals surface area contributed by atoms with Crippen LogP contribution in [0.15, 0.2) is 29.4 Å². The predicted molar refractivity (Wildman–Crippen MR) is 110 cm³/mol. The number of benzene rings is 1. The first-order chi connectivity index (χ1) is 13.4. The molecule has 0 saturated carbocycles. The number of hydrazone groups is 1. The first-order valence-electron chi connectivity index (χ1n) is 9.43. The Morgan fingerprint density at radius 1 is 1.39 bits per heavy atom. The molecule has 7 heteroatoms. The van der Waals surface area contributed by atoms with E-state index in [1.54, 1.807) is 24.4 Å². The summed E-state index contributed by atoms with van der Waals surface area (Å²) in [6.07, 6.45) is 4.17. The number of nitrogens with zero attached hydrogens (tertiary/aromatic N) is 2. The third-order valence-corrected chi connectivity index (χ3v) is 5.15. The van der Waals surface area contributed by atoms with E-state index in [0.29, 0.717) is 10.8 Å². The minimum atomic E-state index is -0.321. The Hall–Kier alpha value is -2.31. The molecule has 0 spiro atoms. The fourth-order valence-corrected chi connectivity index (χ4v) is 3.58. The standard InChI is InChI=1S/C21H26ClN3O3/c1-14-9-18(22)6-7-20(14)28-13-21(26)24-23-11-17-10-15(2)25(16(17)3)12-19-5-4-8-27-19/h6-7,9-11,19H,4-5,8,12-13H2,1-3H3,(H,24,26)/b23-11-/t19-/m1/s1. The summed E-state index contributed by atoms with van der Waals surface area (Å²) in [6, 6.07) is 7.33. The minimum Gasteiger partial charge on any atom is -0.483 e. The van der Waals surface area contributed by atoms with Crippen LogP contribution >= 0.6 is 11.6 Å². The van der Waals surface area contributed by atoms with Crippen LogP contribution in [0.3, 0.4) is 0 Å². The monoisotopic (exact) mass is 403 g/mol. The summed E-state index contributed by atoms with van der Waals surface area (Å²) in [5, 5.41) is 4.70. The van der Waals surface area contributed by atoms with Crippen LogP contribution in [0.1, 0.15) is 35.4 Å². The van der Waals surface area contributed by atoms with Gasteiger partial charge in [0.25, 0.3) is 5.91 Å². The molecule has 0 bridgehead atoms. The largest absolute Gasteiger partial charge is 0.483 e. The molecule has 28 heavy (non-hydrogen) atoms. The molecular weight excluding hydrogens is 378 g/mol. The van der Waals surface area contributed by atoms with E-state index in [-0.39, 0.29) is 18.6 Å². The maximum Gasteiger partial charge on any atom is 0.277 e. The lowest BCUT2D eigenvalue weighted by atomic mass is 10.2. The van der Waals surface area contributed by atoms with E-state index in [1.807, 2.05) is 6.92 Å². The summed E-state index contributed by atoms with van der Waals surface area (Å²) in [6.45, 7) is 7.59. The van der Waals surface area contributed by atoms with Gasteiger partial charge in [-0.2, -0.15) is 5.10 Å². The third kappa shape index (κ3) is 5.14. The topological polar surface area (TPSA) is 64.8 Å². The Morgan fingerprint density at radius 2 is 2.21 bits per heavy atom. The number of amides is 1. The Kier molecular flexibility index (Phi) is 6.75. The van der Waals surface area contributed by atoms with Crippen LogP contribution in [-0.2, 0) is 16.1 Å². The smallest absolute Gasteiger partial charge is 0.277 e. The highest BCUT2D eigenvalue weighted by Gasteiger charge is 2.18. The molecule has 1 amide bonds. The predicted octanol–water partition coefficient (Wildman–Crippen LogP) is 3.77. The number of halogens is 1. The van der Waals surface area contributed by atoms with Crippen molar-refractivity contribution in [3.8, 4) is 5.75 Å². The van der Waals surface area contributed by atoms with E-state index in [9.17, 15) is 4.79 Å². The summed E-state index contributed by atoms with van der Waals surface area (Å²) in [4.78, 5) is 12.0. The molecule has 2 aromatic rings. The average molecular weight is 404 g/mol. The van der Waals surface area contributed by atoms with Gasteiger partial charge in [-0.05, 0) is 63.4 Å². The minimum absolute atomic E-state index is 0.113. The second-order valence-corrected chi connectivity index (χ2v) is 7.50. The van der Waals surface area contributed by atoms with E-state index in [2.05, 4.69) is 35.0 Å². The van der Waals surface area contributed by atoms with Crippen LogP contribution < -0.4 is 10.2 Å². The Labute approximate surface area is 170 Å². The van der Waals surface area contributed by atoms with Crippen molar-refractivity contribution in [3.05, 3.63) is 51.8 Å². The molecule has 1 aliphatic heterocycles. The third-order valence-electron chi connectivity index (χ3n) is 4.91. The molecule has 1 fully saturated rings. The zero-order chi connectivity index (χ0) is 20.1. The number of rotatable bonds is 7. The van der Waals surface area contributed by atoms with Gasteiger partial charge in [-0.3, -0.25) is 4.79 Å². The van der Waals surface area contributed by atoms with Crippen molar-refractivity contribution in [1.29, 1.82) is 0 Å². The number of carbonyl (C=O) groups excluding carboxylic acids is 1. The normalized spacial score (nSPS) is 16.6. The van der Waals surface area contributed by atoms with Gasteiger partial charge in [0.05, 0.1) is 12.3 Å². The number of carbonyl (C=O) groups is 1. The van der Waals surface area contributed by atoms with E-state index in [1.165, 1.54) is 0 Å². The van der Waals surface area contributed by atoms with Gasteiger partial charge in [-0.1, -0.05) is 11.6 Å².